The van der Waals surface area contributed by atoms with Crippen LogP contribution in [0.25, 0.3) is 0 Å². The van der Waals surface area contributed by atoms with Crippen LogP contribution in [0, 0.1) is 11.7 Å². The van der Waals surface area contributed by atoms with Gasteiger partial charge in [0.1, 0.15) is 11.6 Å². The molecule has 2 unspecified atom stereocenters. The largest absolute Gasteiger partial charge is 0.494 e. The number of benzene rings is 1. The molecule has 0 saturated carbocycles. The Balaban J connectivity index is 2.88. The summed E-state index contributed by atoms with van der Waals surface area (Å²) in [5, 5.41) is 9.16. The Hall–Kier alpha value is -1.13. The van der Waals surface area contributed by atoms with E-state index in [0.29, 0.717) is 18.9 Å². The van der Waals surface area contributed by atoms with Gasteiger partial charge in [0.2, 0.25) is 0 Å². The van der Waals surface area contributed by atoms with E-state index < -0.39 is 0 Å². The van der Waals surface area contributed by atoms with Crippen LogP contribution in [0.4, 0.5) is 4.39 Å². The van der Waals surface area contributed by atoms with Crippen LogP contribution in [0.3, 0.4) is 0 Å². The highest BCUT2D eigenvalue weighted by Gasteiger charge is 2.17. The molecule has 0 heterocycles. The molecule has 0 radical (unpaired) electrons. The predicted octanol–water partition coefficient (Wildman–Crippen LogP) is 2.29. The fourth-order valence-corrected chi connectivity index (χ4v) is 2.06. The lowest BCUT2D eigenvalue weighted by Crippen LogP contribution is -2.20. The molecule has 3 nitrogen and oxygen atoms in total. The zero-order valence-corrected chi connectivity index (χ0v) is 11.0. The Bertz CT molecular complexity index is 367. The Morgan fingerprint density at radius 1 is 1.44 bits per heavy atom. The molecular formula is C14H22FNO2. The molecule has 0 aromatic heterocycles. The summed E-state index contributed by atoms with van der Waals surface area (Å²) in [5.41, 5.74) is 6.41. The van der Waals surface area contributed by atoms with Crippen molar-refractivity contribution in [2.45, 2.75) is 26.2 Å². The quantitative estimate of drug-likeness (QED) is 0.786. The van der Waals surface area contributed by atoms with Gasteiger partial charge in [-0.25, -0.2) is 4.39 Å². The summed E-state index contributed by atoms with van der Waals surface area (Å²) < 4.78 is 18.8. The van der Waals surface area contributed by atoms with Gasteiger partial charge in [-0.3, -0.25) is 0 Å². The Kier molecular flexibility index (Phi) is 6.09. The van der Waals surface area contributed by atoms with Crippen molar-refractivity contribution in [3.63, 3.8) is 0 Å². The molecule has 102 valence electrons. The lowest BCUT2D eigenvalue weighted by molar-refractivity contribution is 0.216. The van der Waals surface area contributed by atoms with Gasteiger partial charge in [0.25, 0.3) is 0 Å². The van der Waals surface area contributed by atoms with Crippen LogP contribution < -0.4 is 10.5 Å². The third kappa shape index (κ3) is 3.96. The molecule has 0 saturated heterocycles. The Morgan fingerprint density at radius 3 is 2.72 bits per heavy atom. The molecule has 0 aliphatic heterocycles. The van der Waals surface area contributed by atoms with Gasteiger partial charge in [-0.15, -0.1) is 0 Å². The number of halogens is 1. The van der Waals surface area contributed by atoms with Crippen LogP contribution in [-0.2, 0) is 0 Å². The van der Waals surface area contributed by atoms with Crippen LogP contribution in [0.2, 0.25) is 0 Å². The van der Waals surface area contributed by atoms with Gasteiger partial charge < -0.3 is 15.6 Å². The second-order valence-electron chi connectivity index (χ2n) is 4.54. The van der Waals surface area contributed by atoms with Gasteiger partial charge in [-0.05, 0) is 55.5 Å². The predicted molar refractivity (Wildman–Crippen MR) is 70.2 cm³/mol. The minimum Gasteiger partial charge on any atom is -0.494 e. The molecular weight excluding hydrogens is 233 g/mol. The zero-order chi connectivity index (χ0) is 13.5. The summed E-state index contributed by atoms with van der Waals surface area (Å²) in [6.07, 6.45) is 0.719. The normalized spacial score (nSPS) is 14.3. The van der Waals surface area contributed by atoms with Crippen LogP contribution in [-0.4, -0.2) is 24.9 Å². The van der Waals surface area contributed by atoms with Gasteiger partial charge in [0, 0.05) is 6.61 Å². The maximum atomic E-state index is 13.3. The van der Waals surface area contributed by atoms with Gasteiger partial charge in [-0.1, -0.05) is 6.92 Å². The van der Waals surface area contributed by atoms with Crippen LogP contribution in [0.15, 0.2) is 18.2 Å². The van der Waals surface area contributed by atoms with E-state index in [1.54, 1.807) is 6.07 Å². The van der Waals surface area contributed by atoms with E-state index in [2.05, 4.69) is 0 Å². The first-order valence-electron chi connectivity index (χ1n) is 6.35. The fourth-order valence-electron chi connectivity index (χ4n) is 2.06. The van der Waals surface area contributed by atoms with E-state index in [4.69, 9.17) is 15.6 Å². The van der Waals surface area contributed by atoms with Gasteiger partial charge >= 0.3 is 0 Å². The monoisotopic (exact) mass is 255 g/mol. The standard InChI is InChI=1S/C14H22FNO2/c1-3-18-14-5-4-12(15)7-13(14)10(2)6-11(8-16)9-17/h4-5,7,10-11,17H,3,6,8-9,16H2,1-2H3. The second-order valence-corrected chi connectivity index (χ2v) is 4.54. The summed E-state index contributed by atoms with van der Waals surface area (Å²) in [4.78, 5) is 0. The first-order chi connectivity index (χ1) is 8.62. The molecule has 1 rings (SSSR count). The van der Waals surface area contributed by atoms with E-state index in [-0.39, 0.29) is 24.3 Å². The van der Waals surface area contributed by atoms with Crippen molar-refractivity contribution in [3.8, 4) is 5.75 Å². The maximum Gasteiger partial charge on any atom is 0.123 e. The highest BCUT2D eigenvalue weighted by atomic mass is 19.1. The lowest BCUT2D eigenvalue weighted by atomic mass is 9.90. The fraction of sp³-hybridized carbons (Fsp3) is 0.571. The summed E-state index contributed by atoms with van der Waals surface area (Å²) in [6, 6.07) is 4.55. The molecule has 0 amide bonds. The Morgan fingerprint density at radius 2 is 2.17 bits per heavy atom. The van der Waals surface area contributed by atoms with Gasteiger partial charge in [0.15, 0.2) is 0 Å². The molecule has 3 N–H and O–H groups in total. The number of nitrogens with two attached hydrogens (primary N) is 1. The van der Waals surface area contributed by atoms with E-state index >= 15 is 0 Å². The molecule has 1 aromatic carbocycles. The number of rotatable bonds is 7. The highest BCUT2D eigenvalue weighted by molar-refractivity contribution is 5.36. The van der Waals surface area contributed by atoms with Crippen LogP contribution >= 0.6 is 0 Å². The summed E-state index contributed by atoms with van der Waals surface area (Å²) in [6.45, 7) is 4.93. The van der Waals surface area contributed by atoms with Crippen molar-refractivity contribution in [1.29, 1.82) is 0 Å². The number of hydrogen-bond acceptors (Lipinski definition) is 3. The number of hydrogen-bond donors (Lipinski definition) is 2. The van der Waals surface area contributed by atoms with Crippen molar-refractivity contribution in [3.05, 3.63) is 29.6 Å². The van der Waals surface area contributed by atoms with Crippen molar-refractivity contribution in [1.82, 2.24) is 0 Å². The van der Waals surface area contributed by atoms with Gasteiger partial charge in [-0.2, -0.15) is 0 Å². The average molecular weight is 255 g/mol. The van der Waals surface area contributed by atoms with Crippen LogP contribution in [0.5, 0.6) is 5.75 Å². The first kappa shape index (κ1) is 14.9. The number of aliphatic hydroxyl groups is 1. The van der Waals surface area contributed by atoms with Crippen molar-refractivity contribution >= 4 is 0 Å². The smallest absolute Gasteiger partial charge is 0.123 e. The van der Waals surface area contributed by atoms with Crippen LogP contribution in [0.1, 0.15) is 31.7 Å². The third-order valence-electron chi connectivity index (χ3n) is 3.08. The Labute approximate surface area is 108 Å². The SMILES string of the molecule is CCOc1ccc(F)cc1C(C)CC(CN)CO. The topological polar surface area (TPSA) is 55.5 Å². The van der Waals surface area contributed by atoms with E-state index in [0.717, 1.165) is 12.0 Å². The second kappa shape index (κ2) is 7.34. The number of ether oxygens (including phenoxy) is 1. The molecule has 0 aliphatic rings. The zero-order valence-electron chi connectivity index (χ0n) is 11.0. The maximum absolute atomic E-state index is 13.3. The molecule has 4 heteroatoms. The first-order valence-corrected chi connectivity index (χ1v) is 6.35. The molecule has 18 heavy (non-hydrogen) atoms. The average Bonchev–Trinajstić information content (AvgIpc) is 2.38. The number of aliphatic hydroxyl groups excluding tert-OH is 1. The van der Waals surface area contributed by atoms with Crippen molar-refractivity contribution in [2.75, 3.05) is 19.8 Å². The third-order valence-corrected chi connectivity index (χ3v) is 3.08. The lowest BCUT2D eigenvalue weighted by Gasteiger charge is -2.20. The minimum atomic E-state index is -0.270. The summed E-state index contributed by atoms with van der Waals surface area (Å²) >= 11 is 0. The molecule has 0 fully saturated rings. The van der Waals surface area contributed by atoms with Crippen molar-refractivity contribution < 1.29 is 14.2 Å². The van der Waals surface area contributed by atoms with E-state index in [1.165, 1.54) is 12.1 Å². The van der Waals surface area contributed by atoms with Crippen molar-refractivity contribution in [2.24, 2.45) is 11.7 Å². The van der Waals surface area contributed by atoms with Gasteiger partial charge in [0.05, 0.1) is 6.61 Å². The molecule has 1 aromatic rings. The molecule has 0 spiro atoms. The summed E-state index contributed by atoms with van der Waals surface area (Å²) in [5.74, 6) is 0.578. The minimum absolute atomic E-state index is 0.0396. The van der Waals surface area contributed by atoms with E-state index in [1.807, 2.05) is 13.8 Å². The highest BCUT2D eigenvalue weighted by Crippen LogP contribution is 2.31. The molecule has 0 bridgehead atoms. The molecule has 0 aliphatic carbocycles. The molecule has 2 atom stereocenters. The summed E-state index contributed by atoms with van der Waals surface area (Å²) in [7, 11) is 0. The van der Waals surface area contributed by atoms with E-state index in [9.17, 15) is 4.39 Å².